The summed E-state index contributed by atoms with van der Waals surface area (Å²) in [6, 6.07) is 2.81. The van der Waals surface area contributed by atoms with Crippen LogP contribution in [-0.4, -0.2) is 15.9 Å². The molecule has 0 aliphatic carbocycles. The molecule has 0 aromatic carbocycles. The van der Waals surface area contributed by atoms with Crippen LogP contribution in [0.5, 0.6) is 0 Å². The number of amides is 1. The average Bonchev–Trinajstić information content (AvgIpc) is 2.76. The predicted octanol–water partition coefficient (Wildman–Crippen LogP) is 2.41. The number of halogens is 3. The van der Waals surface area contributed by atoms with Gasteiger partial charge in [-0.25, -0.2) is 4.98 Å². The smallest absolute Gasteiger partial charge is 0.326 e. The molecule has 0 unspecified atom stereocenters. The Hall–Kier alpha value is -2.16. The minimum atomic E-state index is -4.57. The minimum absolute atomic E-state index is 0.195. The van der Waals surface area contributed by atoms with Gasteiger partial charge < -0.3 is 4.98 Å². The number of anilines is 1. The van der Waals surface area contributed by atoms with Crippen LogP contribution in [0.4, 0.5) is 18.3 Å². The van der Waals surface area contributed by atoms with E-state index in [1.165, 1.54) is 12.1 Å². The van der Waals surface area contributed by atoms with Crippen molar-refractivity contribution in [1.82, 2.24) is 9.97 Å². The standard InChI is InChI=1S/C11H8F3N3O2S/c1-5-2-3-6(8(18)15-5)9(19)17-10-16-7(4-20-10)11(12,13)14/h2-4H,1H3,(H,15,18)(H,16,17,19). The Morgan fingerprint density at radius 1 is 1.40 bits per heavy atom. The Kier molecular flexibility index (Phi) is 3.62. The highest BCUT2D eigenvalue weighted by atomic mass is 32.1. The molecule has 2 aromatic heterocycles. The van der Waals surface area contributed by atoms with Gasteiger partial charge in [0.05, 0.1) is 0 Å². The maximum atomic E-state index is 12.3. The van der Waals surface area contributed by atoms with Crippen LogP contribution in [0.3, 0.4) is 0 Å². The van der Waals surface area contributed by atoms with Crippen LogP contribution in [0, 0.1) is 6.92 Å². The molecule has 0 atom stereocenters. The normalized spacial score (nSPS) is 11.4. The van der Waals surface area contributed by atoms with E-state index < -0.39 is 23.3 Å². The molecule has 2 aromatic rings. The van der Waals surface area contributed by atoms with Gasteiger partial charge in [-0.05, 0) is 19.1 Å². The van der Waals surface area contributed by atoms with Gasteiger partial charge in [-0.1, -0.05) is 0 Å². The summed E-state index contributed by atoms with van der Waals surface area (Å²) in [5, 5.41) is 2.73. The number of H-pyrrole nitrogens is 1. The fourth-order valence-corrected chi connectivity index (χ4v) is 2.09. The Labute approximate surface area is 114 Å². The average molecular weight is 303 g/mol. The van der Waals surface area contributed by atoms with E-state index in [-0.39, 0.29) is 10.7 Å². The summed E-state index contributed by atoms with van der Waals surface area (Å²) in [4.78, 5) is 28.9. The molecular weight excluding hydrogens is 295 g/mol. The first-order chi connectivity index (χ1) is 9.27. The van der Waals surface area contributed by atoms with E-state index >= 15 is 0 Å². The minimum Gasteiger partial charge on any atom is -0.326 e. The van der Waals surface area contributed by atoms with E-state index in [1.807, 2.05) is 0 Å². The van der Waals surface area contributed by atoms with Crippen molar-refractivity contribution in [3.63, 3.8) is 0 Å². The number of pyridine rings is 1. The highest BCUT2D eigenvalue weighted by Gasteiger charge is 2.34. The Balaban J connectivity index is 2.20. The van der Waals surface area contributed by atoms with Crippen molar-refractivity contribution in [2.45, 2.75) is 13.1 Å². The molecule has 0 saturated carbocycles. The van der Waals surface area contributed by atoms with E-state index in [1.54, 1.807) is 6.92 Å². The second-order valence-corrected chi connectivity index (χ2v) is 4.73. The topological polar surface area (TPSA) is 74.8 Å². The van der Waals surface area contributed by atoms with Gasteiger partial charge in [0, 0.05) is 11.1 Å². The highest BCUT2D eigenvalue weighted by molar-refractivity contribution is 7.14. The highest BCUT2D eigenvalue weighted by Crippen LogP contribution is 2.31. The molecule has 0 aliphatic heterocycles. The zero-order chi connectivity index (χ0) is 14.9. The summed E-state index contributed by atoms with van der Waals surface area (Å²) in [7, 11) is 0. The molecule has 2 N–H and O–H groups in total. The molecule has 20 heavy (non-hydrogen) atoms. The zero-order valence-electron chi connectivity index (χ0n) is 10.0. The molecule has 106 valence electrons. The van der Waals surface area contributed by atoms with Crippen LogP contribution in [0.1, 0.15) is 21.7 Å². The molecular formula is C11H8F3N3O2S. The van der Waals surface area contributed by atoms with Crippen molar-refractivity contribution >= 4 is 22.4 Å². The lowest BCUT2D eigenvalue weighted by Crippen LogP contribution is -2.23. The Morgan fingerprint density at radius 3 is 2.65 bits per heavy atom. The van der Waals surface area contributed by atoms with Crippen molar-refractivity contribution in [3.8, 4) is 0 Å². The maximum absolute atomic E-state index is 12.3. The van der Waals surface area contributed by atoms with Crippen LogP contribution < -0.4 is 10.9 Å². The van der Waals surface area contributed by atoms with Gasteiger partial charge in [-0.2, -0.15) is 13.2 Å². The van der Waals surface area contributed by atoms with E-state index in [4.69, 9.17) is 0 Å². The molecule has 9 heteroatoms. The number of rotatable bonds is 2. The monoisotopic (exact) mass is 303 g/mol. The lowest BCUT2D eigenvalue weighted by atomic mass is 10.2. The van der Waals surface area contributed by atoms with Crippen molar-refractivity contribution in [1.29, 1.82) is 0 Å². The van der Waals surface area contributed by atoms with E-state index in [0.717, 1.165) is 5.38 Å². The number of aryl methyl sites for hydroxylation is 1. The second kappa shape index (κ2) is 5.08. The third-order valence-electron chi connectivity index (χ3n) is 2.32. The third-order valence-corrected chi connectivity index (χ3v) is 3.07. The lowest BCUT2D eigenvalue weighted by molar-refractivity contribution is -0.140. The largest absolute Gasteiger partial charge is 0.434 e. The van der Waals surface area contributed by atoms with Crippen molar-refractivity contribution in [2.75, 3.05) is 5.32 Å². The summed E-state index contributed by atoms with van der Waals surface area (Å²) in [6.45, 7) is 1.64. The fourth-order valence-electron chi connectivity index (χ4n) is 1.38. The molecule has 0 saturated heterocycles. The Bertz CT molecular complexity index is 705. The summed E-state index contributed by atoms with van der Waals surface area (Å²) in [6.07, 6.45) is -4.57. The molecule has 0 aliphatic rings. The number of carbonyl (C=O) groups excluding carboxylic acids is 1. The van der Waals surface area contributed by atoms with Gasteiger partial charge in [0.1, 0.15) is 5.56 Å². The van der Waals surface area contributed by atoms with Crippen LogP contribution >= 0.6 is 11.3 Å². The van der Waals surface area contributed by atoms with Crippen molar-refractivity contribution in [3.05, 3.63) is 44.8 Å². The van der Waals surface area contributed by atoms with Gasteiger partial charge in [0.2, 0.25) is 0 Å². The first-order valence-electron chi connectivity index (χ1n) is 5.31. The van der Waals surface area contributed by atoms with E-state index in [2.05, 4.69) is 15.3 Å². The van der Waals surface area contributed by atoms with E-state index in [9.17, 15) is 22.8 Å². The first-order valence-corrected chi connectivity index (χ1v) is 6.19. The summed E-state index contributed by atoms with van der Waals surface area (Å²) in [5.41, 5.74) is -1.33. The lowest BCUT2D eigenvalue weighted by Gasteiger charge is -2.02. The van der Waals surface area contributed by atoms with E-state index in [0.29, 0.717) is 17.0 Å². The van der Waals surface area contributed by atoms with Crippen LogP contribution in [0.15, 0.2) is 22.3 Å². The molecule has 2 heterocycles. The molecule has 1 amide bonds. The van der Waals surface area contributed by atoms with Crippen LogP contribution in [-0.2, 0) is 6.18 Å². The SMILES string of the molecule is Cc1ccc(C(=O)Nc2nc(C(F)(F)F)cs2)c(=O)[nH]1. The predicted molar refractivity (Wildman–Crippen MR) is 66.9 cm³/mol. The van der Waals surface area contributed by atoms with Crippen LogP contribution in [0.25, 0.3) is 0 Å². The van der Waals surface area contributed by atoms with Crippen LogP contribution in [0.2, 0.25) is 0 Å². The molecule has 5 nitrogen and oxygen atoms in total. The van der Waals surface area contributed by atoms with Gasteiger partial charge in [0.25, 0.3) is 11.5 Å². The zero-order valence-corrected chi connectivity index (χ0v) is 10.9. The number of nitrogens with one attached hydrogen (secondary N) is 2. The first kappa shape index (κ1) is 14.3. The third kappa shape index (κ3) is 3.05. The molecule has 0 fully saturated rings. The summed E-state index contributed by atoms with van der Waals surface area (Å²) >= 11 is 0.633. The summed E-state index contributed by atoms with van der Waals surface area (Å²) < 4.78 is 37.0. The van der Waals surface area contributed by atoms with Crippen molar-refractivity contribution in [2.24, 2.45) is 0 Å². The second-order valence-electron chi connectivity index (χ2n) is 3.87. The van der Waals surface area contributed by atoms with Gasteiger partial charge in [-0.15, -0.1) is 11.3 Å². The number of nitrogens with zero attached hydrogens (tertiary/aromatic N) is 1. The number of aromatic nitrogens is 2. The number of carbonyl (C=O) groups is 1. The quantitative estimate of drug-likeness (QED) is 0.894. The molecule has 2 rings (SSSR count). The number of hydrogen-bond acceptors (Lipinski definition) is 4. The maximum Gasteiger partial charge on any atom is 0.434 e. The Morgan fingerprint density at radius 2 is 2.10 bits per heavy atom. The number of thiazole rings is 1. The van der Waals surface area contributed by atoms with Gasteiger partial charge >= 0.3 is 6.18 Å². The summed E-state index contributed by atoms with van der Waals surface area (Å²) in [5.74, 6) is -0.811. The number of aromatic amines is 1. The van der Waals surface area contributed by atoms with Gasteiger partial charge in [0.15, 0.2) is 10.8 Å². The van der Waals surface area contributed by atoms with Gasteiger partial charge in [-0.3, -0.25) is 14.9 Å². The fraction of sp³-hybridized carbons (Fsp3) is 0.182. The van der Waals surface area contributed by atoms with Crippen molar-refractivity contribution < 1.29 is 18.0 Å². The molecule has 0 radical (unpaired) electrons. The molecule has 0 bridgehead atoms. The number of alkyl halides is 3. The number of hydrogen-bond donors (Lipinski definition) is 2. The molecule has 0 spiro atoms.